The minimum Gasteiger partial charge on any atom is -0.494 e. The first-order chi connectivity index (χ1) is 31.6. The Kier molecular flexibility index (Phi) is 19.0. The summed E-state index contributed by atoms with van der Waals surface area (Å²) in [4.78, 5) is 51.0. The quantitative estimate of drug-likeness (QED) is 0.0815. The minimum absolute atomic E-state index is 0.142. The molecule has 1 aromatic heterocycles. The molecular weight excluding hydrogens is 818 g/mol. The van der Waals surface area contributed by atoms with Gasteiger partial charge in [0.1, 0.15) is 11.6 Å². The van der Waals surface area contributed by atoms with Crippen molar-refractivity contribution < 1.29 is 28.2 Å². The Balaban J connectivity index is 0.995. The van der Waals surface area contributed by atoms with E-state index in [4.69, 9.17) is 9.47 Å². The van der Waals surface area contributed by atoms with Gasteiger partial charge in [-0.25, -0.2) is 4.39 Å². The van der Waals surface area contributed by atoms with Crippen LogP contribution in [-0.4, -0.2) is 103 Å². The lowest BCUT2D eigenvalue weighted by Crippen LogP contribution is -2.46. The molecule has 3 aromatic rings. The largest absolute Gasteiger partial charge is 0.494 e. The van der Waals surface area contributed by atoms with Gasteiger partial charge in [-0.05, 0) is 112 Å². The summed E-state index contributed by atoms with van der Waals surface area (Å²) < 4.78 is 25.9. The number of nitrogens with zero attached hydrogens (tertiary/aromatic N) is 3. The number of piperidine rings is 1. The van der Waals surface area contributed by atoms with Crippen molar-refractivity contribution in [3.8, 4) is 5.75 Å². The molecule has 2 saturated heterocycles. The summed E-state index contributed by atoms with van der Waals surface area (Å²) in [6, 6.07) is 11.6. The number of nitrogens with one attached hydrogen (secondary N) is 2. The van der Waals surface area contributed by atoms with Crippen molar-refractivity contribution in [2.45, 2.75) is 103 Å². The van der Waals surface area contributed by atoms with Gasteiger partial charge in [-0.2, -0.15) is 0 Å². The molecule has 2 N–H and O–H groups in total. The fourth-order valence-electron chi connectivity index (χ4n) is 8.74. The van der Waals surface area contributed by atoms with Crippen molar-refractivity contribution in [2.75, 3.05) is 59.1 Å². The molecule has 10 nitrogen and oxygen atoms in total. The Labute approximate surface area is 386 Å². The molecule has 0 atom stereocenters. The number of allylic oxidation sites excluding steroid dienone is 10. The second-order valence-electron chi connectivity index (χ2n) is 17.8. The van der Waals surface area contributed by atoms with E-state index < -0.39 is 5.41 Å². The van der Waals surface area contributed by atoms with Crippen LogP contribution in [0.2, 0.25) is 0 Å². The Bertz CT molecular complexity index is 2200. The van der Waals surface area contributed by atoms with Gasteiger partial charge in [-0.3, -0.25) is 19.3 Å². The minimum atomic E-state index is -0.608. The lowest BCUT2D eigenvalue weighted by atomic mass is 9.81. The number of carbonyl (C=O) groups excluding carboxylic acids is 3. The summed E-state index contributed by atoms with van der Waals surface area (Å²) >= 11 is 0. The Morgan fingerprint density at radius 1 is 0.846 bits per heavy atom. The van der Waals surface area contributed by atoms with Crippen LogP contribution in [0.5, 0.6) is 5.75 Å². The monoisotopic (exact) mass is 888 g/mol. The van der Waals surface area contributed by atoms with Gasteiger partial charge in [0.2, 0.25) is 5.91 Å². The van der Waals surface area contributed by atoms with E-state index in [1.807, 2.05) is 30.9 Å². The van der Waals surface area contributed by atoms with E-state index >= 15 is 0 Å². The summed E-state index contributed by atoms with van der Waals surface area (Å²) in [7, 11) is 0. The lowest BCUT2D eigenvalue weighted by Gasteiger charge is -2.32. The van der Waals surface area contributed by atoms with Crippen molar-refractivity contribution in [2.24, 2.45) is 0 Å². The van der Waals surface area contributed by atoms with Gasteiger partial charge in [0, 0.05) is 79.8 Å². The number of morpholine rings is 1. The van der Waals surface area contributed by atoms with Crippen LogP contribution in [0.4, 0.5) is 4.39 Å². The van der Waals surface area contributed by atoms with E-state index in [0.29, 0.717) is 73.6 Å². The highest BCUT2D eigenvalue weighted by Gasteiger charge is 2.38. The number of halogens is 1. The highest BCUT2D eigenvalue weighted by Crippen LogP contribution is 2.41. The number of aromatic amines is 1. The molecule has 3 aliphatic rings. The smallest absolute Gasteiger partial charge is 0.257 e. The topological polar surface area (TPSA) is 107 Å². The average Bonchev–Trinajstić information content (AvgIpc) is 3.64. The molecule has 2 fully saturated rings. The van der Waals surface area contributed by atoms with Crippen molar-refractivity contribution in [3.63, 3.8) is 0 Å². The Morgan fingerprint density at radius 3 is 2.15 bits per heavy atom. The van der Waals surface area contributed by atoms with E-state index in [9.17, 15) is 18.8 Å². The third kappa shape index (κ3) is 14.7. The first-order valence-electron chi connectivity index (χ1n) is 23.8. The number of hydrogen-bond donors (Lipinski definition) is 2. The molecular formula is C54H70FN5O5. The van der Waals surface area contributed by atoms with Gasteiger partial charge in [0.05, 0.1) is 31.1 Å². The number of carbonyl (C=O) groups is 3. The molecule has 4 heterocycles. The molecule has 0 spiro atoms. The number of aromatic nitrogens is 1. The molecule has 0 aliphatic carbocycles. The first-order valence-corrected chi connectivity index (χ1v) is 23.8. The number of rotatable bonds is 21. The normalized spacial score (nSPS) is 17.5. The number of hydrogen-bond acceptors (Lipinski definition) is 6. The maximum Gasteiger partial charge on any atom is 0.257 e. The van der Waals surface area contributed by atoms with Crippen LogP contribution in [0.25, 0.3) is 16.5 Å². The maximum atomic E-state index is 14.5. The Morgan fingerprint density at radius 2 is 1.49 bits per heavy atom. The summed E-state index contributed by atoms with van der Waals surface area (Å²) in [6.07, 6.45) is 32.6. The van der Waals surface area contributed by atoms with E-state index in [0.717, 1.165) is 95.2 Å². The van der Waals surface area contributed by atoms with Crippen molar-refractivity contribution >= 4 is 34.2 Å². The molecule has 0 radical (unpaired) electrons. The highest BCUT2D eigenvalue weighted by molar-refractivity contribution is 6.21. The van der Waals surface area contributed by atoms with Crippen molar-refractivity contribution in [3.05, 3.63) is 132 Å². The molecule has 3 aliphatic heterocycles. The fraction of sp³-hybridized carbons (Fsp3) is 0.463. The predicted octanol–water partition coefficient (Wildman–Crippen LogP) is 10.2. The summed E-state index contributed by atoms with van der Waals surface area (Å²) in [5.74, 6) is -0.104. The number of likely N-dealkylation sites (tertiary alicyclic amines) is 1. The van der Waals surface area contributed by atoms with E-state index in [1.54, 1.807) is 29.3 Å². The zero-order valence-electron chi connectivity index (χ0n) is 38.9. The number of unbranched alkanes of at least 4 members (excludes halogenated alkanes) is 1. The van der Waals surface area contributed by atoms with Crippen LogP contribution < -0.4 is 10.1 Å². The molecule has 3 amide bonds. The fourth-order valence-corrected chi connectivity index (χ4v) is 8.74. The molecule has 0 saturated carbocycles. The predicted molar refractivity (Wildman–Crippen MR) is 260 cm³/mol. The first kappa shape index (κ1) is 48.9. The van der Waals surface area contributed by atoms with Gasteiger partial charge in [-0.1, -0.05) is 81.5 Å². The van der Waals surface area contributed by atoms with Gasteiger partial charge in [0.25, 0.3) is 11.8 Å². The zero-order chi connectivity index (χ0) is 45.9. The number of benzene rings is 2. The van der Waals surface area contributed by atoms with E-state index in [-0.39, 0.29) is 29.6 Å². The summed E-state index contributed by atoms with van der Waals surface area (Å²) in [5.41, 5.74) is 2.20. The SMILES string of the molecule is CC/C=C\C/C=C\C/C=C\C/C=C\C/C=C\CCCC(=O)N1CCC(NC(=O)C2=CN(C(=O)c3ccc(OCCCN4CCOCC4)cc3)CC(C)(C)c3c2[nH]c2cc(F)ccc32)CC1. The van der Waals surface area contributed by atoms with Crippen LogP contribution in [0.15, 0.2) is 109 Å². The molecule has 65 heavy (non-hydrogen) atoms. The number of fused-ring (bicyclic) bond motifs is 3. The third-order valence-corrected chi connectivity index (χ3v) is 12.3. The third-order valence-electron chi connectivity index (χ3n) is 12.3. The van der Waals surface area contributed by atoms with Crippen LogP contribution in [0.3, 0.4) is 0 Å². The number of amides is 3. The number of H-pyrrole nitrogens is 1. The average molecular weight is 888 g/mol. The number of ether oxygens (including phenoxy) is 2. The molecule has 2 aromatic carbocycles. The maximum absolute atomic E-state index is 14.5. The molecule has 11 heteroatoms. The van der Waals surface area contributed by atoms with Crippen molar-refractivity contribution in [1.82, 2.24) is 25.0 Å². The van der Waals surface area contributed by atoms with Crippen LogP contribution in [-0.2, 0) is 19.7 Å². The zero-order valence-corrected chi connectivity index (χ0v) is 38.9. The second-order valence-corrected chi connectivity index (χ2v) is 17.8. The summed E-state index contributed by atoms with van der Waals surface area (Å²) in [6.45, 7) is 12.6. The van der Waals surface area contributed by atoms with Crippen molar-refractivity contribution in [1.29, 1.82) is 0 Å². The van der Waals surface area contributed by atoms with Crippen LogP contribution in [0, 0.1) is 5.82 Å². The van der Waals surface area contributed by atoms with E-state index in [2.05, 4.69) is 82.9 Å². The van der Waals surface area contributed by atoms with Gasteiger partial charge in [-0.15, -0.1) is 0 Å². The van der Waals surface area contributed by atoms with Crippen LogP contribution >= 0.6 is 0 Å². The van der Waals surface area contributed by atoms with Gasteiger partial charge < -0.3 is 29.6 Å². The second kappa shape index (κ2) is 25.2. The van der Waals surface area contributed by atoms with Crippen LogP contribution in [0.1, 0.15) is 113 Å². The molecule has 0 unspecified atom stereocenters. The highest BCUT2D eigenvalue weighted by atomic mass is 19.1. The van der Waals surface area contributed by atoms with E-state index in [1.165, 1.54) is 12.1 Å². The molecule has 348 valence electrons. The molecule has 0 bridgehead atoms. The standard InChI is InChI=1S/C54H70FN5O5/c1-4-5-6-7-8-9-10-11-12-13-14-15-16-17-18-19-20-22-49(61)59-32-29-44(30-33-59)56-52(62)47-40-60(41-54(2,3)50-46-28-25-43(55)39-48(46)57-51(47)50)53(63)42-23-26-45(27-24-42)65-36-21-31-58-34-37-64-38-35-58/h5-6,8-9,11-12,14-15,17-18,23-28,39-40,44,57H,4,7,10,13,16,19-22,29-38,41H2,1-3H3,(H,56,62)/b6-5-,9-8-,12-11-,15-14-,18-17-. The Hall–Kier alpha value is -5.52. The van der Waals surface area contributed by atoms with Gasteiger partial charge >= 0.3 is 0 Å². The molecule has 6 rings (SSSR count). The van der Waals surface area contributed by atoms with Gasteiger partial charge in [0.15, 0.2) is 0 Å². The summed E-state index contributed by atoms with van der Waals surface area (Å²) in [5, 5.41) is 4.04. The lowest BCUT2D eigenvalue weighted by molar-refractivity contribution is -0.132.